The first kappa shape index (κ1) is 21.7. The maximum absolute atomic E-state index is 11.9. The zero-order chi connectivity index (χ0) is 20.7. The number of esters is 1. The van der Waals surface area contributed by atoms with Crippen LogP contribution in [0.15, 0.2) is 42.5 Å². The van der Waals surface area contributed by atoms with Gasteiger partial charge in [0.1, 0.15) is 5.75 Å². The molecule has 1 atom stereocenters. The molecule has 0 saturated heterocycles. The predicted octanol–water partition coefficient (Wildman–Crippen LogP) is 4.00. The second kappa shape index (κ2) is 10.1. The fourth-order valence-electron chi connectivity index (χ4n) is 2.26. The molecule has 2 aromatic rings. The number of carbonyl (C=O) groups excluding carboxylic acids is 3. The molecule has 0 bridgehead atoms. The molecule has 0 spiro atoms. The molecule has 6 nitrogen and oxygen atoms in total. The lowest BCUT2D eigenvalue weighted by molar-refractivity contribution is -0.150. The van der Waals surface area contributed by atoms with Crippen LogP contribution in [0.3, 0.4) is 0 Å². The Hall–Kier alpha value is -2.57. The van der Waals surface area contributed by atoms with Crippen molar-refractivity contribution in [2.75, 3.05) is 13.2 Å². The lowest BCUT2D eigenvalue weighted by atomic mass is 10.1. The minimum absolute atomic E-state index is 0.0629. The normalized spacial score (nSPS) is 11.4. The summed E-state index contributed by atoms with van der Waals surface area (Å²) in [5, 5.41) is 3.51. The van der Waals surface area contributed by atoms with Gasteiger partial charge in [0.25, 0.3) is 5.91 Å². The van der Waals surface area contributed by atoms with Crippen LogP contribution >= 0.6 is 23.2 Å². The van der Waals surface area contributed by atoms with E-state index in [0.717, 1.165) is 5.56 Å². The van der Waals surface area contributed by atoms with Crippen LogP contribution in [0.25, 0.3) is 0 Å². The second-order valence-electron chi connectivity index (χ2n) is 5.99. The summed E-state index contributed by atoms with van der Waals surface area (Å²) in [6.45, 7) is 2.44. The summed E-state index contributed by atoms with van der Waals surface area (Å²) in [7, 11) is 0. The standard InChI is InChI=1S/C20H19Cl2NO5/c1-12(15-5-8-17(21)18(22)9-15)23-19(25)10-28-20(26)11-27-16-6-3-14(4-7-16)13(2)24/h3-9,12H,10-11H2,1-2H3,(H,23,25). The highest BCUT2D eigenvalue weighted by Gasteiger charge is 2.13. The van der Waals surface area contributed by atoms with Gasteiger partial charge >= 0.3 is 5.97 Å². The Bertz CT molecular complexity index is 867. The van der Waals surface area contributed by atoms with Gasteiger partial charge in [-0.3, -0.25) is 9.59 Å². The molecule has 2 aromatic carbocycles. The molecule has 8 heteroatoms. The first-order chi connectivity index (χ1) is 13.3. The van der Waals surface area contributed by atoms with E-state index in [-0.39, 0.29) is 18.4 Å². The van der Waals surface area contributed by atoms with Crippen molar-refractivity contribution in [3.8, 4) is 5.75 Å². The lowest BCUT2D eigenvalue weighted by Gasteiger charge is -2.15. The number of ether oxygens (including phenoxy) is 2. The van der Waals surface area contributed by atoms with Crippen molar-refractivity contribution in [2.45, 2.75) is 19.9 Å². The molecular weight excluding hydrogens is 405 g/mol. The molecule has 0 aromatic heterocycles. The topological polar surface area (TPSA) is 81.7 Å². The summed E-state index contributed by atoms with van der Waals surface area (Å²) in [5.74, 6) is -0.794. The largest absolute Gasteiger partial charge is 0.482 e. The molecule has 0 saturated carbocycles. The van der Waals surface area contributed by atoms with Gasteiger partial charge in [-0.25, -0.2) is 4.79 Å². The minimum Gasteiger partial charge on any atom is -0.482 e. The van der Waals surface area contributed by atoms with E-state index in [0.29, 0.717) is 21.4 Å². The van der Waals surface area contributed by atoms with E-state index >= 15 is 0 Å². The van der Waals surface area contributed by atoms with Gasteiger partial charge in [0, 0.05) is 5.56 Å². The third-order valence-corrected chi connectivity index (χ3v) is 4.54. The van der Waals surface area contributed by atoms with Crippen molar-refractivity contribution in [1.82, 2.24) is 5.32 Å². The van der Waals surface area contributed by atoms with Crippen molar-refractivity contribution in [2.24, 2.45) is 0 Å². The van der Waals surface area contributed by atoms with E-state index in [1.807, 2.05) is 0 Å². The molecule has 0 aliphatic heterocycles. The van der Waals surface area contributed by atoms with Crippen molar-refractivity contribution in [1.29, 1.82) is 0 Å². The quantitative estimate of drug-likeness (QED) is 0.512. The zero-order valence-electron chi connectivity index (χ0n) is 15.3. The number of hydrogen-bond donors (Lipinski definition) is 1. The molecular formula is C20H19Cl2NO5. The number of rotatable bonds is 8. The predicted molar refractivity (Wildman–Crippen MR) is 106 cm³/mol. The number of carbonyl (C=O) groups is 3. The van der Waals surface area contributed by atoms with Gasteiger partial charge in [-0.1, -0.05) is 29.3 Å². The first-order valence-electron chi connectivity index (χ1n) is 8.40. The van der Waals surface area contributed by atoms with Crippen LogP contribution in [0.2, 0.25) is 10.0 Å². The van der Waals surface area contributed by atoms with Crippen molar-refractivity contribution in [3.63, 3.8) is 0 Å². The summed E-state index contributed by atoms with van der Waals surface area (Å²) in [6.07, 6.45) is 0. The van der Waals surface area contributed by atoms with Gasteiger partial charge in [-0.2, -0.15) is 0 Å². The molecule has 0 aliphatic rings. The lowest BCUT2D eigenvalue weighted by Crippen LogP contribution is -2.32. The Morgan fingerprint density at radius 2 is 1.68 bits per heavy atom. The number of Topliss-reactive ketones (excluding diaryl/α,β-unsaturated/α-hetero) is 1. The maximum atomic E-state index is 11.9. The molecule has 1 amide bonds. The Morgan fingerprint density at radius 3 is 2.29 bits per heavy atom. The summed E-state index contributed by atoms with van der Waals surface area (Å²) >= 11 is 11.8. The van der Waals surface area contributed by atoms with E-state index in [1.54, 1.807) is 49.4 Å². The Morgan fingerprint density at radius 1 is 1.00 bits per heavy atom. The summed E-state index contributed by atoms with van der Waals surface area (Å²) in [5.41, 5.74) is 1.31. The fourth-order valence-corrected chi connectivity index (χ4v) is 2.57. The van der Waals surface area contributed by atoms with Crippen LogP contribution in [0, 0.1) is 0 Å². The van der Waals surface area contributed by atoms with Gasteiger partial charge < -0.3 is 14.8 Å². The number of amides is 1. The van der Waals surface area contributed by atoms with Gasteiger partial charge in [0.15, 0.2) is 19.0 Å². The van der Waals surface area contributed by atoms with E-state index in [4.69, 9.17) is 32.7 Å². The average Bonchev–Trinajstić information content (AvgIpc) is 2.67. The number of benzene rings is 2. The van der Waals surface area contributed by atoms with Crippen molar-refractivity contribution in [3.05, 3.63) is 63.6 Å². The SMILES string of the molecule is CC(=O)c1ccc(OCC(=O)OCC(=O)NC(C)c2ccc(Cl)c(Cl)c2)cc1. The molecule has 1 N–H and O–H groups in total. The van der Waals surface area contributed by atoms with Crippen LogP contribution in [-0.2, 0) is 14.3 Å². The average molecular weight is 424 g/mol. The Balaban J connectivity index is 1.74. The highest BCUT2D eigenvalue weighted by Crippen LogP contribution is 2.25. The Labute approximate surface area is 172 Å². The van der Waals surface area contributed by atoms with Gasteiger partial charge in [0.05, 0.1) is 16.1 Å². The monoisotopic (exact) mass is 423 g/mol. The van der Waals surface area contributed by atoms with Crippen molar-refractivity contribution < 1.29 is 23.9 Å². The fraction of sp³-hybridized carbons (Fsp3) is 0.250. The summed E-state index contributed by atoms with van der Waals surface area (Å²) in [6, 6.07) is 11.1. The van der Waals surface area contributed by atoms with E-state index in [9.17, 15) is 14.4 Å². The number of ketones is 1. The molecule has 0 heterocycles. The van der Waals surface area contributed by atoms with Crippen LogP contribution in [0.5, 0.6) is 5.75 Å². The number of hydrogen-bond acceptors (Lipinski definition) is 5. The van der Waals surface area contributed by atoms with Gasteiger partial charge in [0.2, 0.25) is 0 Å². The smallest absolute Gasteiger partial charge is 0.344 e. The maximum Gasteiger partial charge on any atom is 0.344 e. The molecule has 1 unspecified atom stereocenters. The second-order valence-corrected chi connectivity index (χ2v) is 6.81. The number of nitrogens with one attached hydrogen (secondary N) is 1. The summed E-state index contributed by atoms with van der Waals surface area (Å²) in [4.78, 5) is 34.9. The van der Waals surface area contributed by atoms with E-state index in [2.05, 4.69) is 5.32 Å². The number of halogens is 2. The molecule has 28 heavy (non-hydrogen) atoms. The van der Waals surface area contributed by atoms with Crippen LogP contribution in [0.1, 0.15) is 35.8 Å². The van der Waals surface area contributed by atoms with E-state index < -0.39 is 18.5 Å². The Kier molecular flexibility index (Phi) is 7.84. The molecule has 148 valence electrons. The third-order valence-electron chi connectivity index (χ3n) is 3.80. The highest BCUT2D eigenvalue weighted by molar-refractivity contribution is 6.42. The zero-order valence-corrected chi connectivity index (χ0v) is 16.8. The molecule has 0 radical (unpaired) electrons. The van der Waals surface area contributed by atoms with E-state index in [1.165, 1.54) is 6.92 Å². The first-order valence-corrected chi connectivity index (χ1v) is 9.15. The van der Waals surface area contributed by atoms with Crippen LogP contribution in [0.4, 0.5) is 0 Å². The van der Waals surface area contributed by atoms with Gasteiger partial charge in [-0.05, 0) is 55.8 Å². The van der Waals surface area contributed by atoms with Gasteiger partial charge in [-0.15, -0.1) is 0 Å². The van der Waals surface area contributed by atoms with Crippen LogP contribution < -0.4 is 10.1 Å². The summed E-state index contributed by atoms with van der Waals surface area (Å²) < 4.78 is 10.2. The molecule has 2 rings (SSSR count). The third kappa shape index (κ3) is 6.55. The molecule has 0 aliphatic carbocycles. The van der Waals surface area contributed by atoms with Crippen LogP contribution in [-0.4, -0.2) is 30.9 Å². The van der Waals surface area contributed by atoms with Crippen molar-refractivity contribution >= 4 is 40.9 Å². The minimum atomic E-state index is -0.687. The highest BCUT2D eigenvalue weighted by atomic mass is 35.5. The molecule has 0 fully saturated rings.